The van der Waals surface area contributed by atoms with Crippen molar-refractivity contribution in [2.45, 2.75) is 32.9 Å². The molecule has 0 fully saturated rings. The van der Waals surface area contributed by atoms with Crippen molar-refractivity contribution < 1.29 is 9.53 Å². The molecule has 0 unspecified atom stereocenters. The van der Waals surface area contributed by atoms with Crippen LogP contribution < -0.4 is 5.73 Å². The molecule has 0 heterocycles. The van der Waals surface area contributed by atoms with Crippen LogP contribution in [0.2, 0.25) is 0 Å². The zero-order valence-electron chi connectivity index (χ0n) is 9.19. The fourth-order valence-electron chi connectivity index (χ4n) is 1.46. The van der Waals surface area contributed by atoms with Crippen molar-refractivity contribution in [3.63, 3.8) is 0 Å². The molecule has 1 aromatic carbocycles. The lowest BCUT2D eigenvalue weighted by Gasteiger charge is -2.16. The van der Waals surface area contributed by atoms with Crippen LogP contribution in [0, 0.1) is 0 Å². The zero-order chi connectivity index (χ0) is 11.3. The standard InChI is InChI=1S/C12H17NO2/c1-3-12(14)15-9(2)11-7-5-4-6-10(11)8-13/h4-7,9H,3,8,13H2,1-2H3/t9-/m1/s1. The maximum atomic E-state index is 11.1. The van der Waals surface area contributed by atoms with Crippen LogP contribution >= 0.6 is 0 Å². The van der Waals surface area contributed by atoms with Gasteiger partial charge in [0.05, 0.1) is 0 Å². The fourth-order valence-corrected chi connectivity index (χ4v) is 1.46. The Morgan fingerprint density at radius 3 is 2.73 bits per heavy atom. The molecular weight excluding hydrogens is 190 g/mol. The fraction of sp³-hybridized carbons (Fsp3) is 0.417. The number of benzene rings is 1. The highest BCUT2D eigenvalue weighted by Crippen LogP contribution is 2.21. The lowest BCUT2D eigenvalue weighted by atomic mass is 10.0. The van der Waals surface area contributed by atoms with Crippen LogP contribution in [0.4, 0.5) is 0 Å². The SMILES string of the molecule is CCC(=O)O[C@H](C)c1ccccc1CN. The van der Waals surface area contributed by atoms with Gasteiger partial charge in [-0.15, -0.1) is 0 Å². The number of rotatable bonds is 4. The molecule has 0 saturated heterocycles. The molecule has 0 radical (unpaired) electrons. The number of hydrogen-bond acceptors (Lipinski definition) is 3. The Morgan fingerprint density at radius 2 is 2.13 bits per heavy atom. The average molecular weight is 207 g/mol. The molecule has 0 aromatic heterocycles. The van der Waals surface area contributed by atoms with E-state index >= 15 is 0 Å². The second kappa shape index (κ2) is 5.51. The van der Waals surface area contributed by atoms with Crippen molar-refractivity contribution in [1.29, 1.82) is 0 Å². The van der Waals surface area contributed by atoms with E-state index < -0.39 is 0 Å². The van der Waals surface area contributed by atoms with Gasteiger partial charge < -0.3 is 10.5 Å². The van der Waals surface area contributed by atoms with E-state index in [-0.39, 0.29) is 12.1 Å². The maximum absolute atomic E-state index is 11.1. The minimum Gasteiger partial charge on any atom is -0.458 e. The average Bonchev–Trinajstić information content (AvgIpc) is 2.28. The van der Waals surface area contributed by atoms with Crippen LogP contribution in [0.5, 0.6) is 0 Å². The Hall–Kier alpha value is -1.35. The first-order valence-electron chi connectivity index (χ1n) is 5.16. The summed E-state index contributed by atoms with van der Waals surface area (Å²) in [7, 11) is 0. The second-order valence-corrected chi connectivity index (χ2v) is 3.39. The minimum absolute atomic E-state index is 0.186. The third-order valence-corrected chi connectivity index (χ3v) is 2.31. The molecule has 1 aromatic rings. The minimum atomic E-state index is -0.225. The number of esters is 1. The zero-order valence-corrected chi connectivity index (χ0v) is 9.19. The number of nitrogens with two attached hydrogens (primary N) is 1. The highest BCUT2D eigenvalue weighted by molar-refractivity contribution is 5.69. The molecule has 2 N–H and O–H groups in total. The van der Waals surface area contributed by atoms with Crippen LogP contribution in [0.25, 0.3) is 0 Å². The van der Waals surface area contributed by atoms with E-state index in [1.54, 1.807) is 6.92 Å². The number of carbonyl (C=O) groups excluding carboxylic acids is 1. The van der Waals surface area contributed by atoms with E-state index in [9.17, 15) is 4.79 Å². The molecule has 82 valence electrons. The first kappa shape index (κ1) is 11.7. The third-order valence-electron chi connectivity index (χ3n) is 2.31. The summed E-state index contributed by atoms with van der Waals surface area (Å²) >= 11 is 0. The molecule has 0 amide bonds. The van der Waals surface area contributed by atoms with Gasteiger partial charge >= 0.3 is 5.97 Å². The van der Waals surface area contributed by atoms with Gasteiger partial charge in [0.2, 0.25) is 0 Å². The van der Waals surface area contributed by atoms with Gasteiger partial charge in [0.1, 0.15) is 6.10 Å². The smallest absolute Gasteiger partial charge is 0.306 e. The molecular formula is C12H17NO2. The lowest BCUT2D eigenvalue weighted by Crippen LogP contribution is -2.10. The Bertz CT molecular complexity index is 336. The molecule has 3 heteroatoms. The highest BCUT2D eigenvalue weighted by atomic mass is 16.5. The summed E-state index contributed by atoms with van der Waals surface area (Å²) in [6, 6.07) is 7.74. The molecule has 0 aliphatic heterocycles. The van der Waals surface area contributed by atoms with E-state index in [0.29, 0.717) is 13.0 Å². The number of ether oxygens (including phenoxy) is 1. The van der Waals surface area contributed by atoms with Gasteiger partial charge in [-0.3, -0.25) is 4.79 Å². The van der Waals surface area contributed by atoms with Crippen molar-refractivity contribution in [3.05, 3.63) is 35.4 Å². The molecule has 0 spiro atoms. The van der Waals surface area contributed by atoms with Gasteiger partial charge in [0.25, 0.3) is 0 Å². The van der Waals surface area contributed by atoms with Crippen LogP contribution in [0.15, 0.2) is 24.3 Å². The Labute approximate surface area is 90.2 Å². The Kier molecular flexibility index (Phi) is 4.31. The summed E-state index contributed by atoms with van der Waals surface area (Å²) in [6.45, 7) is 4.11. The predicted molar refractivity (Wildman–Crippen MR) is 59.1 cm³/mol. The summed E-state index contributed by atoms with van der Waals surface area (Å²) in [5.74, 6) is -0.186. The van der Waals surface area contributed by atoms with Crippen molar-refractivity contribution in [2.24, 2.45) is 5.73 Å². The summed E-state index contributed by atoms with van der Waals surface area (Å²) in [5, 5.41) is 0. The topological polar surface area (TPSA) is 52.3 Å². The van der Waals surface area contributed by atoms with E-state index in [2.05, 4.69) is 0 Å². The maximum Gasteiger partial charge on any atom is 0.306 e. The van der Waals surface area contributed by atoms with Crippen molar-refractivity contribution in [1.82, 2.24) is 0 Å². The molecule has 0 saturated carbocycles. The van der Waals surface area contributed by atoms with Gasteiger partial charge in [-0.05, 0) is 18.1 Å². The van der Waals surface area contributed by atoms with Gasteiger partial charge in [0.15, 0.2) is 0 Å². The van der Waals surface area contributed by atoms with E-state index in [1.807, 2.05) is 31.2 Å². The van der Waals surface area contributed by atoms with Crippen LogP contribution in [0.3, 0.4) is 0 Å². The van der Waals surface area contributed by atoms with Crippen molar-refractivity contribution in [3.8, 4) is 0 Å². The van der Waals surface area contributed by atoms with Gasteiger partial charge in [0, 0.05) is 13.0 Å². The van der Waals surface area contributed by atoms with Crippen LogP contribution in [-0.4, -0.2) is 5.97 Å². The number of carbonyl (C=O) groups is 1. The monoisotopic (exact) mass is 207 g/mol. The summed E-state index contributed by atoms with van der Waals surface area (Å²) in [4.78, 5) is 11.1. The van der Waals surface area contributed by atoms with Crippen molar-refractivity contribution >= 4 is 5.97 Å². The van der Waals surface area contributed by atoms with E-state index in [0.717, 1.165) is 11.1 Å². The highest BCUT2D eigenvalue weighted by Gasteiger charge is 2.12. The largest absolute Gasteiger partial charge is 0.458 e. The van der Waals surface area contributed by atoms with Crippen LogP contribution in [-0.2, 0) is 16.1 Å². The quantitative estimate of drug-likeness (QED) is 0.770. The number of hydrogen-bond donors (Lipinski definition) is 1. The second-order valence-electron chi connectivity index (χ2n) is 3.39. The Morgan fingerprint density at radius 1 is 1.47 bits per heavy atom. The summed E-state index contributed by atoms with van der Waals surface area (Å²) in [6.07, 6.45) is 0.173. The molecule has 0 aliphatic rings. The summed E-state index contributed by atoms with van der Waals surface area (Å²) < 4.78 is 5.23. The molecule has 0 aliphatic carbocycles. The van der Waals surface area contributed by atoms with E-state index in [1.165, 1.54) is 0 Å². The lowest BCUT2D eigenvalue weighted by molar-refractivity contribution is -0.148. The first-order valence-corrected chi connectivity index (χ1v) is 5.16. The third kappa shape index (κ3) is 3.06. The van der Waals surface area contributed by atoms with Gasteiger partial charge in [-0.1, -0.05) is 31.2 Å². The molecule has 0 bridgehead atoms. The summed E-state index contributed by atoms with van der Waals surface area (Å²) in [5.41, 5.74) is 7.62. The van der Waals surface area contributed by atoms with E-state index in [4.69, 9.17) is 10.5 Å². The van der Waals surface area contributed by atoms with Gasteiger partial charge in [-0.25, -0.2) is 0 Å². The Balaban J connectivity index is 2.80. The molecule has 3 nitrogen and oxygen atoms in total. The molecule has 1 rings (SSSR count). The van der Waals surface area contributed by atoms with Crippen LogP contribution in [0.1, 0.15) is 37.5 Å². The van der Waals surface area contributed by atoms with Crippen molar-refractivity contribution in [2.75, 3.05) is 0 Å². The molecule has 1 atom stereocenters. The molecule has 15 heavy (non-hydrogen) atoms. The predicted octanol–water partition coefficient (Wildman–Crippen LogP) is 2.16. The first-order chi connectivity index (χ1) is 7.19. The normalized spacial score (nSPS) is 12.2. The van der Waals surface area contributed by atoms with Gasteiger partial charge in [-0.2, -0.15) is 0 Å².